The third-order valence-corrected chi connectivity index (χ3v) is 6.60. The second kappa shape index (κ2) is 7.76. The topological polar surface area (TPSA) is 73.8 Å². The van der Waals surface area contributed by atoms with Crippen LogP contribution in [0.5, 0.6) is 0 Å². The van der Waals surface area contributed by atoms with E-state index >= 15 is 0 Å². The maximum absolute atomic E-state index is 13.5. The largest absolute Gasteiger partial charge is 0.337 e. The fourth-order valence-electron chi connectivity index (χ4n) is 4.71. The summed E-state index contributed by atoms with van der Waals surface area (Å²) in [7, 11) is 0. The van der Waals surface area contributed by atoms with Crippen LogP contribution in [0.3, 0.4) is 0 Å². The minimum Gasteiger partial charge on any atom is -0.337 e. The second-order valence-electron chi connectivity index (χ2n) is 9.04. The fraction of sp³-hybridized carbons (Fsp3) is 0.636. The maximum atomic E-state index is 13.5. The number of piperidine rings is 1. The number of carbonyl (C=O) groups excluding carboxylic acids is 3. The summed E-state index contributed by atoms with van der Waals surface area (Å²) in [5.41, 5.74) is -0.380. The normalized spacial score (nSPS) is 22.0. The summed E-state index contributed by atoms with van der Waals surface area (Å²) in [6, 6.07) is 5.15. The first-order valence-electron chi connectivity index (χ1n) is 10.8. The highest BCUT2D eigenvalue weighted by molar-refractivity contribution is 6.07. The van der Waals surface area contributed by atoms with Gasteiger partial charge < -0.3 is 9.80 Å². The lowest BCUT2D eigenvalue weighted by atomic mass is 9.83. The smallest absolute Gasteiger partial charge is 0.327 e. The number of nitrogens with zero attached hydrogens (tertiary/aromatic N) is 4. The van der Waals surface area contributed by atoms with E-state index in [2.05, 4.69) is 18.8 Å². The Labute approximate surface area is 172 Å². The highest BCUT2D eigenvalue weighted by atomic mass is 16.2. The van der Waals surface area contributed by atoms with Gasteiger partial charge in [0.05, 0.1) is 0 Å². The number of rotatable bonds is 5. The summed E-state index contributed by atoms with van der Waals surface area (Å²) in [4.78, 5) is 48.6. The molecule has 1 aliphatic carbocycles. The molecule has 1 aromatic rings. The van der Waals surface area contributed by atoms with Gasteiger partial charge in [0, 0.05) is 32.4 Å². The number of imide groups is 1. The van der Waals surface area contributed by atoms with Crippen molar-refractivity contribution in [1.82, 2.24) is 19.7 Å². The standard InChI is InChI=1S/C22H30N4O3/c1-16(2)14-26-21(29)25(15-17-6-5-7-17)20(28)22(26)9-12-24(13-10-22)19(27)18-8-3-4-11-23-18/h3-4,8,11,16-17H,5-7,9-10,12-15H2,1-2H3. The van der Waals surface area contributed by atoms with Gasteiger partial charge in [0.25, 0.3) is 11.8 Å². The van der Waals surface area contributed by atoms with Crippen molar-refractivity contribution < 1.29 is 14.4 Å². The van der Waals surface area contributed by atoms with E-state index in [0.717, 1.165) is 12.8 Å². The molecular weight excluding hydrogens is 368 g/mol. The molecule has 1 spiro atoms. The molecule has 3 aliphatic rings. The monoisotopic (exact) mass is 398 g/mol. The van der Waals surface area contributed by atoms with Crippen molar-refractivity contribution >= 4 is 17.8 Å². The second-order valence-corrected chi connectivity index (χ2v) is 9.04. The predicted molar refractivity (Wildman–Crippen MR) is 108 cm³/mol. The summed E-state index contributed by atoms with van der Waals surface area (Å²) < 4.78 is 0. The van der Waals surface area contributed by atoms with Gasteiger partial charge in [-0.2, -0.15) is 0 Å². The molecule has 0 unspecified atom stereocenters. The third kappa shape index (κ3) is 3.51. The van der Waals surface area contributed by atoms with Crippen molar-refractivity contribution in [2.45, 2.75) is 51.5 Å². The van der Waals surface area contributed by atoms with E-state index in [9.17, 15) is 14.4 Å². The number of hydrogen-bond acceptors (Lipinski definition) is 4. The number of carbonyl (C=O) groups is 3. The molecule has 2 aliphatic heterocycles. The molecule has 4 rings (SSSR count). The Kier molecular flexibility index (Phi) is 5.32. The van der Waals surface area contributed by atoms with Crippen LogP contribution in [0.4, 0.5) is 4.79 Å². The van der Waals surface area contributed by atoms with E-state index in [1.54, 1.807) is 34.2 Å². The predicted octanol–water partition coefficient (Wildman–Crippen LogP) is 2.78. The lowest BCUT2D eigenvalue weighted by Crippen LogP contribution is -2.58. The molecule has 0 aromatic carbocycles. The van der Waals surface area contributed by atoms with Crippen LogP contribution in [0.1, 0.15) is 56.4 Å². The minimum atomic E-state index is -0.800. The van der Waals surface area contributed by atoms with Gasteiger partial charge in [-0.1, -0.05) is 26.3 Å². The zero-order chi connectivity index (χ0) is 20.6. The van der Waals surface area contributed by atoms with Crippen LogP contribution in [0, 0.1) is 11.8 Å². The fourth-order valence-corrected chi connectivity index (χ4v) is 4.71. The van der Waals surface area contributed by atoms with Crippen molar-refractivity contribution in [1.29, 1.82) is 0 Å². The quantitative estimate of drug-likeness (QED) is 0.715. The molecule has 0 radical (unpaired) electrons. The maximum Gasteiger partial charge on any atom is 0.327 e. The van der Waals surface area contributed by atoms with E-state index in [1.165, 1.54) is 11.3 Å². The van der Waals surface area contributed by atoms with E-state index in [1.807, 2.05) is 0 Å². The number of likely N-dealkylation sites (tertiary alicyclic amines) is 1. The van der Waals surface area contributed by atoms with Crippen LogP contribution in [-0.2, 0) is 4.79 Å². The number of urea groups is 1. The van der Waals surface area contributed by atoms with E-state index in [0.29, 0.717) is 50.6 Å². The molecule has 7 nitrogen and oxygen atoms in total. The molecule has 1 saturated carbocycles. The zero-order valence-corrected chi connectivity index (χ0v) is 17.3. The van der Waals surface area contributed by atoms with Crippen molar-refractivity contribution in [3.8, 4) is 0 Å². The Bertz CT molecular complexity index is 783. The summed E-state index contributed by atoms with van der Waals surface area (Å²) in [5, 5.41) is 0. The van der Waals surface area contributed by atoms with E-state index in [-0.39, 0.29) is 23.8 Å². The van der Waals surface area contributed by atoms with Crippen LogP contribution in [0.25, 0.3) is 0 Å². The van der Waals surface area contributed by atoms with Crippen LogP contribution in [-0.4, -0.2) is 69.2 Å². The number of amides is 4. The van der Waals surface area contributed by atoms with Gasteiger partial charge in [-0.05, 0) is 49.7 Å². The molecular formula is C22H30N4O3. The first-order chi connectivity index (χ1) is 13.9. The van der Waals surface area contributed by atoms with Gasteiger partial charge in [0.2, 0.25) is 0 Å². The highest BCUT2D eigenvalue weighted by Gasteiger charge is 2.58. The lowest BCUT2D eigenvalue weighted by Gasteiger charge is -2.42. The lowest BCUT2D eigenvalue weighted by molar-refractivity contribution is -0.136. The molecule has 3 fully saturated rings. The molecule has 0 bridgehead atoms. The van der Waals surface area contributed by atoms with Crippen molar-refractivity contribution in [2.75, 3.05) is 26.2 Å². The van der Waals surface area contributed by atoms with E-state index < -0.39 is 5.54 Å². The number of pyridine rings is 1. The van der Waals surface area contributed by atoms with Crippen LogP contribution in [0.15, 0.2) is 24.4 Å². The van der Waals surface area contributed by atoms with Gasteiger partial charge >= 0.3 is 6.03 Å². The van der Waals surface area contributed by atoms with Crippen molar-refractivity contribution in [3.63, 3.8) is 0 Å². The van der Waals surface area contributed by atoms with Crippen LogP contribution in [0.2, 0.25) is 0 Å². The molecule has 0 N–H and O–H groups in total. The summed E-state index contributed by atoms with van der Waals surface area (Å²) in [6.07, 6.45) is 5.97. The van der Waals surface area contributed by atoms with Gasteiger partial charge in [-0.3, -0.25) is 19.5 Å². The number of aromatic nitrogens is 1. The van der Waals surface area contributed by atoms with Gasteiger partial charge in [-0.25, -0.2) is 4.79 Å². The first kappa shape index (κ1) is 19.9. The molecule has 1 aromatic heterocycles. The van der Waals surface area contributed by atoms with Crippen LogP contribution >= 0.6 is 0 Å². The molecule has 3 heterocycles. The average molecular weight is 399 g/mol. The molecule has 7 heteroatoms. The van der Waals surface area contributed by atoms with Gasteiger partial charge in [0.1, 0.15) is 11.2 Å². The van der Waals surface area contributed by atoms with Crippen LogP contribution < -0.4 is 0 Å². The Balaban J connectivity index is 1.52. The zero-order valence-electron chi connectivity index (χ0n) is 17.3. The van der Waals surface area contributed by atoms with Crippen molar-refractivity contribution in [2.24, 2.45) is 11.8 Å². The molecule has 29 heavy (non-hydrogen) atoms. The molecule has 2 saturated heterocycles. The average Bonchev–Trinajstić information content (AvgIpc) is 2.87. The first-order valence-corrected chi connectivity index (χ1v) is 10.8. The van der Waals surface area contributed by atoms with Gasteiger partial charge in [-0.15, -0.1) is 0 Å². The molecule has 0 atom stereocenters. The van der Waals surface area contributed by atoms with Crippen molar-refractivity contribution in [3.05, 3.63) is 30.1 Å². The third-order valence-electron chi connectivity index (χ3n) is 6.60. The Morgan fingerprint density at radius 3 is 2.48 bits per heavy atom. The number of hydrogen-bond donors (Lipinski definition) is 0. The molecule has 4 amide bonds. The van der Waals surface area contributed by atoms with E-state index in [4.69, 9.17) is 0 Å². The van der Waals surface area contributed by atoms with Gasteiger partial charge in [0.15, 0.2) is 0 Å². The highest BCUT2D eigenvalue weighted by Crippen LogP contribution is 2.39. The Hall–Kier alpha value is -2.44. The SMILES string of the molecule is CC(C)CN1C(=O)N(CC2CCC2)C(=O)C12CCN(C(=O)c1ccccn1)CC2. The minimum absolute atomic E-state index is 0.0556. The Morgan fingerprint density at radius 1 is 1.21 bits per heavy atom. The summed E-state index contributed by atoms with van der Waals surface area (Å²) in [6.45, 7) is 6.17. The molecule has 156 valence electrons. The summed E-state index contributed by atoms with van der Waals surface area (Å²) in [5.74, 6) is 0.559. The Morgan fingerprint density at radius 2 is 1.93 bits per heavy atom. The summed E-state index contributed by atoms with van der Waals surface area (Å²) >= 11 is 0.